The van der Waals surface area contributed by atoms with Crippen molar-refractivity contribution in [1.29, 1.82) is 0 Å². The molecule has 1 aliphatic heterocycles. The number of nitrogens with zero attached hydrogens (tertiary/aromatic N) is 3. The van der Waals surface area contributed by atoms with Gasteiger partial charge in [0.25, 0.3) is 0 Å². The lowest BCUT2D eigenvalue weighted by atomic mass is 10.1. The average Bonchev–Trinajstić information content (AvgIpc) is 2.69. The van der Waals surface area contributed by atoms with Crippen LogP contribution in [0.2, 0.25) is 0 Å². The van der Waals surface area contributed by atoms with E-state index in [1.165, 1.54) is 0 Å². The van der Waals surface area contributed by atoms with Crippen LogP contribution in [0.5, 0.6) is 11.5 Å². The fraction of sp³-hybridized carbons (Fsp3) is 0.429. The molecule has 0 radical (unpaired) electrons. The van der Waals surface area contributed by atoms with Crippen LogP contribution in [-0.2, 0) is 12.6 Å². The van der Waals surface area contributed by atoms with Crippen molar-refractivity contribution >= 4 is 5.69 Å². The number of rotatable bonds is 7. The summed E-state index contributed by atoms with van der Waals surface area (Å²) in [6, 6.07) is 9.38. The number of hydrogen-bond acceptors (Lipinski definition) is 5. The Bertz CT molecular complexity index is 881. The minimum Gasteiger partial charge on any atom is -0.450 e. The van der Waals surface area contributed by atoms with Gasteiger partial charge in [-0.05, 0) is 56.3 Å². The Balaban J connectivity index is 1.64. The average molecular weight is 423 g/mol. The van der Waals surface area contributed by atoms with E-state index in [9.17, 15) is 23.3 Å². The van der Waals surface area contributed by atoms with Gasteiger partial charge >= 0.3 is 11.9 Å². The Morgan fingerprint density at radius 2 is 1.83 bits per heavy atom. The van der Waals surface area contributed by atoms with E-state index in [4.69, 9.17) is 4.74 Å². The first-order valence-corrected chi connectivity index (χ1v) is 9.76. The highest BCUT2D eigenvalue weighted by atomic mass is 19.4. The molecule has 1 heterocycles. The van der Waals surface area contributed by atoms with Gasteiger partial charge in [0.2, 0.25) is 5.75 Å². The summed E-state index contributed by atoms with van der Waals surface area (Å²) in [7, 11) is 2.11. The lowest BCUT2D eigenvalue weighted by Gasteiger charge is -2.32. The van der Waals surface area contributed by atoms with Gasteiger partial charge in [-0.3, -0.25) is 10.1 Å². The molecule has 0 bridgehead atoms. The Kier molecular flexibility index (Phi) is 6.94. The van der Waals surface area contributed by atoms with Crippen molar-refractivity contribution in [3.63, 3.8) is 0 Å². The highest BCUT2D eigenvalue weighted by Crippen LogP contribution is 2.37. The number of nitro groups is 1. The highest BCUT2D eigenvalue weighted by molar-refractivity contribution is 5.51. The number of halogens is 3. The fourth-order valence-electron chi connectivity index (χ4n) is 3.39. The molecule has 3 rings (SSSR count). The van der Waals surface area contributed by atoms with Gasteiger partial charge < -0.3 is 14.5 Å². The molecule has 1 fully saturated rings. The van der Waals surface area contributed by atoms with Crippen LogP contribution in [0.15, 0.2) is 42.5 Å². The van der Waals surface area contributed by atoms with Gasteiger partial charge in [0.05, 0.1) is 10.5 Å². The molecule has 0 amide bonds. The zero-order chi connectivity index (χ0) is 21.7. The van der Waals surface area contributed by atoms with Crippen molar-refractivity contribution in [2.75, 3.05) is 39.8 Å². The fourth-order valence-corrected chi connectivity index (χ4v) is 3.39. The molecule has 162 valence electrons. The van der Waals surface area contributed by atoms with E-state index < -0.39 is 22.4 Å². The molecule has 9 heteroatoms. The zero-order valence-electron chi connectivity index (χ0n) is 16.7. The maximum absolute atomic E-state index is 12.8. The Labute approximate surface area is 173 Å². The molecule has 2 aromatic carbocycles. The summed E-state index contributed by atoms with van der Waals surface area (Å²) in [6.07, 6.45) is -2.88. The Morgan fingerprint density at radius 3 is 2.50 bits per heavy atom. The summed E-state index contributed by atoms with van der Waals surface area (Å²) < 4.78 is 44.1. The molecule has 6 nitrogen and oxygen atoms in total. The molecule has 0 aromatic heterocycles. The Morgan fingerprint density at radius 1 is 1.10 bits per heavy atom. The quantitative estimate of drug-likeness (QED) is 0.482. The molecule has 0 spiro atoms. The van der Waals surface area contributed by atoms with Crippen molar-refractivity contribution in [2.45, 2.75) is 19.0 Å². The molecule has 0 atom stereocenters. The number of ether oxygens (including phenoxy) is 1. The molecule has 2 aromatic rings. The summed E-state index contributed by atoms with van der Waals surface area (Å²) in [6.45, 7) is 5.22. The zero-order valence-corrected chi connectivity index (χ0v) is 16.7. The molecule has 1 saturated heterocycles. The van der Waals surface area contributed by atoms with E-state index in [0.717, 1.165) is 63.3 Å². The second-order valence-corrected chi connectivity index (χ2v) is 7.44. The van der Waals surface area contributed by atoms with Crippen LogP contribution in [0.3, 0.4) is 0 Å². The predicted octanol–water partition coefficient (Wildman–Crippen LogP) is 4.59. The number of hydrogen-bond donors (Lipinski definition) is 0. The van der Waals surface area contributed by atoms with Gasteiger partial charge in [0.15, 0.2) is 0 Å². The van der Waals surface area contributed by atoms with E-state index in [1.807, 2.05) is 6.07 Å². The molecule has 1 aliphatic rings. The van der Waals surface area contributed by atoms with Crippen LogP contribution in [0.4, 0.5) is 18.9 Å². The van der Waals surface area contributed by atoms with E-state index in [-0.39, 0.29) is 5.75 Å². The van der Waals surface area contributed by atoms with Gasteiger partial charge in [-0.2, -0.15) is 13.2 Å². The molecule has 0 N–H and O–H groups in total. The van der Waals surface area contributed by atoms with Gasteiger partial charge in [-0.15, -0.1) is 0 Å². The first kappa shape index (κ1) is 22.0. The van der Waals surface area contributed by atoms with E-state index in [1.54, 1.807) is 18.2 Å². The first-order chi connectivity index (χ1) is 14.2. The highest BCUT2D eigenvalue weighted by Gasteiger charge is 2.33. The lowest BCUT2D eigenvalue weighted by molar-refractivity contribution is -0.385. The van der Waals surface area contributed by atoms with Gasteiger partial charge in [0.1, 0.15) is 5.75 Å². The maximum Gasteiger partial charge on any atom is 0.416 e. The smallest absolute Gasteiger partial charge is 0.416 e. The number of nitro benzene ring substituents is 1. The van der Waals surface area contributed by atoms with Crippen molar-refractivity contribution in [3.05, 3.63) is 63.7 Å². The van der Waals surface area contributed by atoms with Crippen LogP contribution >= 0.6 is 0 Å². The van der Waals surface area contributed by atoms with Gasteiger partial charge in [-0.25, -0.2) is 0 Å². The lowest BCUT2D eigenvalue weighted by Crippen LogP contribution is -2.44. The van der Waals surface area contributed by atoms with Crippen molar-refractivity contribution in [1.82, 2.24) is 9.80 Å². The normalized spacial score (nSPS) is 15.9. The summed E-state index contributed by atoms with van der Waals surface area (Å²) in [4.78, 5) is 15.1. The van der Waals surface area contributed by atoms with Gasteiger partial charge in [0, 0.05) is 32.2 Å². The number of likely N-dealkylation sites (N-methyl/N-ethyl adjacent to an activating group) is 1. The van der Waals surface area contributed by atoms with Crippen LogP contribution in [0, 0.1) is 10.1 Å². The minimum absolute atomic E-state index is 0.220. The van der Waals surface area contributed by atoms with Crippen LogP contribution in [0.25, 0.3) is 0 Å². The first-order valence-electron chi connectivity index (χ1n) is 9.76. The molecule has 30 heavy (non-hydrogen) atoms. The third-order valence-corrected chi connectivity index (χ3v) is 5.14. The summed E-state index contributed by atoms with van der Waals surface area (Å²) in [5.41, 5.74) is -0.791. The summed E-state index contributed by atoms with van der Waals surface area (Å²) in [5, 5.41) is 11.2. The minimum atomic E-state index is -4.66. The SMILES string of the molecule is CN1CCN(CCCc2cccc(Oc3ccc(C(F)(F)F)cc3[N+](=O)[O-])c2)CC1. The van der Waals surface area contributed by atoms with E-state index in [2.05, 4.69) is 16.8 Å². The molecule has 0 saturated carbocycles. The van der Waals surface area contributed by atoms with Gasteiger partial charge in [-0.1, -0.05) is 12.1 Å². The van der Waals surface area contributed by atoms with Crippen molar-refractivity contribution < 1.29 is 22.8 Å². The number of aryl methyl sites for hydroxylation is 1. The molecular weight excluding hydrogens is 399 g/mol. The second kappa shape index (κ2) is 9.44. The van der Waals surface area contributed by atoms with E-state index in [0.29, 0.717) is 11.8 Å². The maximum atomic E-state index is 12.8. The Hall–Kier alpha value is -2.65. The van der Waals surface area contributed by atoms with Crippen LogP contribution < -0.4 is 4.74 Å². The third kappa shape index (κ3) is 5.93. The standard InChI is InChI=1S/C21H24F3N3O3/c1-25-10-12-26(13-11-25)9-3-5-16-4-2-6-18(14-16)30-20-8-7-17(21(22,23)24)15-19(20)27(28)29/h2,4,6-8,14-15H,3,5,9-13H2,1H3. The topological polar surface area (TPSA) is 58.8 Å². The van der Waals surface area contributed by atoms with Crippen LogP contribution in [0.1, 0.15) is 17.5 Å². The third-order valence-electron chi connectivity index (χ3n) is 5.14. The summed E-state index contributed by atoms with van der Waals surface area (Å²) in [5.74, 6) is 0.137. The number of benzene rings is 2. The monoisotopic (exact) mass is 423 g/mol. The number of alkyl halides is 3. The van der Waals surface area contributed by atoms with Crippen molar-refractivity contribution in [3.8, 4) is 11.5 Å². The van der Waals surface area contributed by atoms with Crippen LogP contribution in [-0.4, -0.2) is 54.5 Å². The largest absolute Gasteiger partial charge is 0.450 e. The molecule has 0 aliphatic carbocycles. The predicted molar refractivity (Wildman–Crippen MR) is 107 cm³/mol. The second-order valence-electron chi connectivity index (χ2n) is 7.44. The molecular formula is C21H24F3N3O3. The van der Waals surface area contributed by atoms with Crippen molar-refractivity contribution in [2.24, 2.45) is 0 Å². The van der Waals surface area contributed by atoms with E-state index >= 15 is 0 Å². The molecule has 0 unspecified atom stereocenters. The number of piperazine rings is 1. The summed E-state index contributed by atoms with van der Waals surface area (Å²) >= 11 is 0.